The zero-order valence-corrected chi connectivity index (χ0v) is 21.0. The molecule has 1 saturated heterocycles. The SMILES string of the molecule is Cc1ccc(C)c(N(CC(=O)NCc2cccc(CN3CCCCC3)c2)S(=O)(=O)N(C)C)c1. The van der Waals surface area contributed by atoms with Crippen molar-refractivity contribution in [1.82, 2.24) is 14.5 Å². The predicted octanol–water partition coefficient (Wildman–Crippen LogP) is 3.22. The lowest BCUT2D eigenvalue weighted by molar-refractivity contribution is -0.119. The van der Waals surface area contributed by atoms with Crippen molar-refractivity contribution in [3.05, 3.63) is 64.7 Å². The first-order valence-electron chi connectivity index (χ1n) is 11.5. The maximum Gasteiger partial charge on any atom is 0.304 e. The van der Waals surface area contributed by atoms with Crippen LogP contribution in [0.4, 0.5) is 5.69 Å². The third-order valence-corrected chi connectivity index (χ3v) is 7.80. The van der Waals surface area contributed by atoms with E-state index in [9.17, 15) is 13.2 Å². The Morgan fingerprint density at radius 2 is 1.70 bits per heavy atom. The van der Waals surface area contributed by atoms with Gasteiger partial charge >= 0.3 is 10.2 Å². The van der Waals surface area contributed by atoms with Crippen LogP contribution >= 0.6 is 0 Å². The smallest absolute Gasteiger partial charge is 0.304 e. The van der Waals surface area contributed by atoms with Gasteiger partial charge in [0, 0.05) is 27.2 Å². The van der Waals surface area contributed by atoms with Crippen molar-refractivity contribution in [2.45, 2.75) is 46.2 Å². The number of carbonyl (C=O) groups excluding carboxylic acids is 1. The summed E-state index contributed by atoms with van der Waals surface area (Å²) in [6, 6.07) is 13.8. The molecule has 1 fully saturated rings. The van der Waals surface area contributed by atoms with Crippen LogP contribution in [0.2, 0.25) is 0 Å². The standard InChI is InChI=1S/C25H36N4O3S/c1-20-11-12-21(2)24(15-20)29(33(31,32)27(3)4)19-25(30)26-17-22-9-8-10-23(16-22)18-28-13-6-5-7-14-28/h8-12,15-16H,5-7,13-14,17-19H2,1-4H3,(H,26,30). The number of amides is 1. The van der Waals surface area contributed by atoms with E-state index < -0.39 is 10.2 Å². The minimum Gasteiger partial charge on any atom is -0.350 e. The molecule has 0 atom stereocenters. The number of carbonyl (C=O) groups is 1. The van der Waals surface area contributed by atoms with Gasteiger partial charge in [-0.3, -0.25) is 9.69 Å². The number of rotatable bonds is 9. The summed E-state index contributed by atoms with van der Waals surface area (Å²) >= 11 is 0. The van der Waals surface area contributed by atoms with Gasteiger partial charge in [0.2, 0.25) is 5.91 Å². The first-order chi connectivity index (χ1) is 15.7. The number of aryl methyl sites for hydroxylation is 2. The van der Waals surface area contributed by atoms with Crippen molar-refractivity contribution >= 4 is 21.8 Å². The van der Waals surface area contributed by atoms with Crippen LogP contribution in [0.5, 0.6) is 0 Å². The zero-order valence-electron chi connectivity index (χ0n) is 20.2. The minimum absolute atomic E-state index is 0.279. The second-order valence-corrected chi connectivity index (χ2v) is 11.1. The van der Waals surface area contributed by atoms with E-state index in [1.165, 1.54) is 43.2 Å². The largest absolute Gasteiger partial charge is 0.350 e. The number of hydrogen-bond acceptors (Lipinski definition) is 4. The lowest BCUT2D eigenvalue weighted by Crippen LogP contribution is -2.46. The van der Waals surface area contributed by atoms with E-state index in [1.807, 2.05) is 38.1 Å². The fraction of sp³-hybridized carbons (Fsp3) is 0.480. The van der Waals surface area contributed by atoms with Crippen LogP contribution in [0.25, 0.3) is 0 Å². The summed E-state index contributed by atoms with van der Waals surface area (Å²) in [5.41, 5.74) is 4.48. The number of benzene rings is 2. The first kappa shape index (κ1) is 25.2. The minimum atomic E-state index is -3.83. The van der Waals surface area contributed by atoms with E-state index in [4.69, 9.17) is 0 Å². The Balaban J connectivity index is 1.68. The Morgan fingerprint density at radius 3 is 2.39 bits per heavy atom. The van der Waals surface area contributed by atoms with Crippen LogP contribution in [0.3, 0.4) is 0 Å². The fourth-order valence-electron chi connectivity index (χ4n) is 4.08. The summed E-state index contributed by atoms with van der Waals surface area (Å²) in [5, 5.41) is 2.90. The Labute approximate surface area is 198 Å². The quantitative estimate of drug-likeness (QED) is 0.608. The molecule has 33 heavy (non-hydrogen) atoms. The molecule has 0 radical (unpaired) electrons. The molecule has 1 heterocycles. The van der Waals surface area contributed by atoms with Crippen LogP contribution in [0.15, 0.2) is 42.5 Å². The molecule has 0 aliphatic carbocycles. The lowest BCUT2D eigenvalue weighted by atomic mass is 10.1. The van der Waals surface area contributed by atoms with Crippen molar-refractivity contribution in [3.8, 4) is 0 Å². The lowest BCUT2D eigenvalue weighted by Gasteiger charge is -2.28. The average Bonchev–Trinajstić information content (AvgIpc) is 2.78. The highest BCUT2D eigenvalue weighted by Crippen LogP contribution is 2.25. The predicted molar refractivity (Wildman–Crippen MR) is 133 cm³/mol. The van der Waals surface area contributed by atoms with Crippen molar-refractivity contribution in [1.29, 1.82) is 0 Å². The number of hydrogen-bond donors (Lipinski definition) is 1. The molecule has 0 unspecified atom stereocenters. The molecular formula is C25H36N4O3S. The number of likely N-dealkylation sites (tertiary alicyclic amines) is 1. The second-order valence-electron chi connectivity index (χ2n) is 9.02. The number of piperidine rings is 1. The number of nitrogens with zero attached hydrogens (tertiary/aromatic N) is 3. The third-order valence-electron chi connectivity index (χ3n) is 6.00. The third kappa shape index (κ3) is 6.79. The summed E-state index contributed by atoms with van der Waals surface area (Å²) in [6.07, 6.45) is 3.82. The highest BCUT2D eigenvalue weighted by Gasteiger charge is 2.28. The second kappa shape index (κ2) is 11.1. The molecule has 0 spiro atoms. The molecule has 0 aromatic heterocycles. The summed E-state index contributed by atoms with van der Waals surface area (Å²) in [6.45, 7) is 7.01. The van der Waals surface area contributed by atoms with Gasteiger partial charge in [0.1, 0.15) is 6.54 Å². The summed E-state index contributed by atoms with van der Waals surface area (Å²) in [4.78, 5) is 15.3. The van der Waals surface area contributed by atoms with Crippen LogP contribution in [-0.4, -0.2) is 57.3 Å². The molecular weight excluding hydrogens is 436 g/mol. The molecule has 8 heteroatoms. The van der Waals surface area contributed by atoms with Crippen LogP contribution < -0.4 is 9.62 Å². The number of anilines is 1. The fourth-order valence-corrected chi connectivity index (χ4v) is 5.20. The van der Waals surface area contributed by atoms with Gasteiger partial charge in [-0.2, -0.15) is 12.7 Å². The molecule has 2 aromatic carbocycles. The summed E-state index contributed by atoms with van der Waals surface area (Å²) in [7, 11) is -0.889. The number of nitrogens with one attached hydrogen (secondary N) is 1. The summed E-state index contributed by atoms with van der Waals surface area (Å²) in [5.74, 6) is -0.345. The normalized spacial score (nSPS) is 14.9. The van der Waals surface area contributed by atoms with E-state index in [0.29, 0.717) is 12.2 Å². The molecule has 1 amide bonds. The van der Waals surface area contributed by atoms with Crippen molar-refractivity contribution in [2.24, 2.45) is 0 Å². The van der Waals surface area contributed by atoms with Gasteiger partial charge in [0.15, 0.2) is 0 Å². The van der Waals surface area contributed by atoms with Gasteiger partial charge in [0.25, 0.3) is 0 Å². The van der Waals surface area contributed by atoms with Gasteiger partial charge in [0.05, 0.1) is 5.69 Å². The first-order valence-corrected chi connectivity index (χ1v) is 12.9. The van der Waals surface area contributed by atoms with Gasteiger partial charge in [-0.1, -0.05) is 42.8 Å². The van der Waals surface area contributed by atoms with Gasteiger partial charge < -0.3 is 5.32 Å². The van der Waals surface area contributed by atoms with E-state index in [2.05, 4.69) is 22.3 Å². The topological polar surface area (TPSA) is 73.0 Å². The maximum absolute atomic E-state index is 13.0. The maximum atomic E-state index is 13.0. The highest BCUT2D eigenvalue weighted by molar-refractivity contribution is 7.90. The molecule has 1 N–H and O–H groups in total. The van der Waals surface area contributed by atoms with Crippen LogP contribution in [-0.2, 0) is 28.1 Å². The van der Waals surface area contributed by atoms with E-state index in [1.54, 1.807) is 6.07 Å². The van der Waals surface area contributed by atoms with Crippen molar-refractivity contribution in [3.63, 3.8) is 0 Å². The molecule has 7 nitrogen and oxygen atoms in total. The summed E-state index contributed by atoms with van der Waals surface area (Å²) < 4.78 is 28.3. The van der Waals surface area contributed by atoms with Gasteiger partial charge in [-0.25, -0.2) is 4.31 Å². The van der Waals surface area contributed by atoms with Crippen molar-refractivity contribution in [2.75, 3.05) is 38.0 Å². The van der Waals surface area contributed by atoms with Crippen LogP contribution in [0, 0.1) is 13.8 Å². The Bertz CT molecular complexity index is 1060. The Morgan fingerprint density at radius 1 is 1.00 bits per heavy atom. The molecule has 3 rings (SSSR count). The average molecular weight is 473 g/mol. The molecule has 2 aromatic rings. The van der Waals surface area contributed by atoms with E-state index in [0.717, 1.165) is 40.6 Å². The van der Waals surface area contributed by atoms with Crippen LogP contribution in [0.1, 0.15) is 41.5 Å². The zero-order chi connectivity index (χ0) is 24.0. The van der Waals surface area contributed by atoms with E-state index in [-0.39, 0.29) is 12.5 Å². The monoisotopic (exact) mass is 472 g/mol. The molecule has 0 saturated carbocycles. The molecule has 0 bridgehead atoms. The highest BCUT2D eigenvalue weighted by atomic mass is 32.2. The Hall–Kier alpha value is -2.42. The molecule has 1 aliphatic heterocycles. The van der Waals surface area contributed by atoms with E-state index >= 15 is 0 Å². The van der Waals surface area contributed by atoms with Crippen molar-refractivity contribution < 1.29 is 13.2 Å². The Kier molecular flexibility index (Phi) is 8.51. The van der Waals surface area contributed by atoms with Gasteiger partial charge in [-0.05, 0) is 68.1 Å². The van der Waals surface area contributed by atoms with Gasteiger partial charge in [-0.15, -0.1) is 0 Å². The molecule has 180 valence electrons. The molecule has 1 aliphatic rings.